The Kier molecular flexibility index (Phi) is 8.95. The van der Waals surface area contributed by atoms with E-state index in [1.165, 1.54) is 60.5 Å². The fourth-order valence-corrected chi connectivity index (χ4v) is 8.27. The summed E-state index contributed by atoms with van der Waals surface area (Å²) in [5, 5.41) is 4.90. The molecule has 0 saturated carbocycles. The minimum Gasteiger partial charge on any atom is -0.309 e. The lowest BCUT2D eigenvalue weighted by atomic mass is 9.90. The van der Waals surface area contributed by atoms with Gasteiger partial charge in [-0.25, -0.2) is 0 Å². The molecule has 0 heterocycles. The molecule has 0 fully saturated rings. The van der Waals surface area contributed by atoms with Crippen LogP contribution in [-0.2, 0) is 0 Å². The molecule has 0 unspecified atom stereocenters. The van der Waals surface area contributed by atoms with Crippen molar-refractivity contribution in [1.82, 2.24) is 0 Å². The van der Waals surface area contributed by atoms with E-state index < -0.39 is 0 Å². The molecule has 0 aromatic heterocycles. The van der Waals surface area contributed by atoms with E-state index in [4.69, 9.17) is 0 Å². The lowest BCUT2D eigenvalue weighted by Crippen LogP contribution is -2.12. The van der Waals surface area contributed by atoms with Gasteiger partial charge in [0.25, 0.3) is 0 Å². The first-order valence-corrected chi connectivity index (χ1v) is 19.6. The molecule has 0 radical (unpaired) electrons. The van der Waals surface area contributed by atoms with E-state index in [9.17, 15) is 0 Å². The van der Waals surface area contributed by atoms with E-state index in [1.807, 2.05) is 0 Å². The summed E-state index contributed by atoms with van der Waals surface area (Å²) in [6.07, 6.45) is 0. The second-order valence-electron chi connectivity index (χ2n) is 14.5. The van der Waals surface area contributed by atoms with Crippen molar-refractivity contribution >= 4 is 38.6 Å². The first kappa shape index (κ1) is 34.0. The number of hydrogen-bond acceptors (Lipinski definition) is 1. The number of hydrogen-bond donors (Lipinski definition) is 0. The number of anilines is 3. The van der Waals surface area contributed by atoms with Crippen LogP contribution in [0.3, 0.4) is 0 Å². The van der Waals surface area contributed by atoms with Crippen LogP contribution in [0.4, 0.5) is 17.1 Å². The number of rotatable bonds is 8. The molecular weight excluding hydrogens is 687 g/mol. The van der Waals surface area contributed by atoms with Gasteiger partial charge in [-0.05, 0) is 103 Å². The van der Waals surface area contributed by atoms with Crippen molar-refractivity contribution in [2.75, 3.05) is 4.90 Å². The van der Waals surface area contributed by atoms with E-state index in [-0.39, 0.29) is 0 Å². The molecular formula is C56H39N. The van der Waals surface area contributed by atoms with E-state index in [1.54, 1.807) is 0 Å². The van der Waals surface area contributed by atoms with Crippen molar-refractivity contribution in [3.8, 4) is 55.6 Å². The molecule has 1 nitrogen and oxygen atoms in total. The van der Waals surface area contributed by atoms with Crippen LogP contribution < -0.4 is 4.90 Å². The predicted octanol–water partition coefficient (Wildman–Crippen LogP) is 15.8. The molecule has 0 aliphatic carbocycles. The van der Waals surface area contributed by atoms with Crippen molar-refractivity contribution in [2.45, 2.75) is 0 Å². The minimum absolute atomic E-state index is 1.10. The van der Waals surface area contributed by atoms with E-state index >= 15 is 0 Å². The maximum absolute atomic E-state index is 2.46. The summed E-state index contributed by atoms with van der Waals surface area (Å²) < 4.78 is 0. The molecule has 0 aliphatic heterocycles. The molecule has 0 aliphatic rings. The van der Waals surface area contributed by atoms with Crippen LogP contribution in [0.15, 0.2) is 237 Å². The van der Waals surface area contributed by atoms with Crippen LogP contribution >= 0.6 is 0 Å². The SMILES string of the molecule is c1ccc(-c2ccc(N(c3ccc(-c4ccc(-c5ccccc5)c(-c5ccccc5)c4)cc3-c3ccccc3)c3cc4ccccc4c4ccccc34)cc2)cc1. The second kappa shape index (κ2) is 15.0. The van der Waals surface area contributed by atoms with E-state index in [0.29, 0.717) is 0 Å². The van der Waals surface area contributed by atoms with Crippen molar-refractivity contribution in [1.29, 1.82) is 0 Å². The van der Waals surface area contributed by atoms with Crippen LogP contribution in [0.1, 0.15) is 0 Å². The summed E-state index contributed by atoms with van der Waals surface area (Å²) in [7, 11) is 0. The molecule has 0 bridgehead atoms. The highest BCUT2D eigenvalue weighted by atomic mass is 15.1. The van der Waals surface area contributed by atoms with Crippen molar-refractivity contribution < 1.29 is 0 Å². The average Bonchev–Trinajstić information content (AvgIpc) is 3.30. The van der Waals surface area contributed by atoms with E-state index in [2.05, 4.69) is 241 Å². The monoisotopic (exact) mass is 725 g/mol. The number of benzene rings is 10. The summed E-state index contributed by atoms with van der Waals surface area (Å²) >= 11 is 0. The molecule has 57 heavy (non-hydrogen) atoms. The first-order chi connectivity index (χ1) is 28.3. The standard InChI is InChI=1S/C56H39N/c1-5-17-40(18-6-1)41-29-33-48(34-30-41)57(56-39-47-25-13-14-26-49(47)51-27-15-16-28-52(51)56)55-36-32-46(38-54(55)44-23-11-4-12-24-44)45-31-35-50(42-19-7-2-8-20-42)53(37-45)43-21-9-3-10-22-43/h1-39H. The summed E-state index contributed by atoms with van der Waals surface area (Å²) in [5.74, 6) is 0. The van der Waals surface area contributed by atoms with Gasteiger partial charge in [-0.15, -0.1) is 0 Å². The highest BCUT2D eigenvalue weighted by molar-refractivity contribution is 6.15. The predicted molar refractivity (Wildman–Crippen MR) is 243 cm³/mol. The Labute approximate surface area is 334 Å². The summed E-state index contributed by atoms with van der Waals surface area (Å²) in [4.78, 5) is 2.46. The zero-order valence-corrected chi connectivity index (χ0v) is 31.5. The second-order valence-corrected chi connectivity index (χ2v) is 14.5. The zero-order valence-electron chi connectivity index (χ0n) is 31.5. The molecule has 10 aromatic rings. The summed E-state index contributed by atoms with van der Waals surface area (Å²) in [6, 6.07) is 85.7. The summed E-state index contributed by atoms with van der Waals surface area (Å²) in [5.41, 5.74) is 15.2. The highest BCUT2D eigenvalue weighted by Gasteiger charge is 2.22. The topological polar surface area (TPSA) is 3.24 Å². The highest BCUT2D eigenvalue weighted by Crippen LogP contribution is 2.47. The molecule has 0 saturated heterocycles. The van der Waals surface area contributed by atoms with Gasteiger partial charge in [0.2, 0.25) is 0 Å². The zero-order chi connectivity index (χ0) is 38.0. The van der Waals surface area contributed by atoms with Crippen LogP contribution in [0.5, 0.6) is 0 Å². The third kappa shape index (κ3) is 6.56. The van der Waals surface area contributed by atoms with Crippen LogP contribution in [0.25, 0.3) is 77.2 Å². The number of fused-ring (bicyclic) bond motifs is 3. The minimum atomic E-state index is 1.10. The third-order valence-corrected chi connectivity index (χ3v) is 11.1. The maximum atomic E-state index is 2.46. The molecule has 0 N–H and O–H groups in total. The van der Waals surface area contributed by atoms with Crippen LogP contribution in [-0.4, -0.2) is 0 Å². The fraction of sp³-hybridized carbons (Fsp3) is 0. The van der Waals surface area contributed by atoms with Gasteiger partial charge >= 0.3 is 0 Å². The lowest BCUT2D eigenvalue weighted by Gasteiger charge is -2.30. The number of nitrogens with zero attached hydrogens (tertiary/aromatic N) is 1. The van der Waals surface area contributed by atoms with Gasteiger partial charge in [-0.3, -0.25) is 0 Å². The smallest absolute Gasteiger partial charge is 0.0546 e. The molecule has 0 amide bonds. The van der Waals surface area contributed by atoms with Gasteiger partial charge in [-0.1, -0.05) is 200 Å². The van der Waals surface area contributed by atoms with Crippen LogP contribution in [0, 0.1) is 0 Å². The Hall–Kier alpha value is -7.48. The van der Waals surface area contributed by atoms with Gasteiger partial charge in [0.15, 0.2) is 0 Å². The lowest BCUT2D eigenvalue weighted by molar-refractivity contribution is 1.30. The summed E-state index contributed by atoms with van der Waals surface area (Å²) in [6.45, 7) is 0. The molecule has 0 spiro atoms. The van der Waals surface area contributed by atoms with Gasteiger partial charge < -0.3 is 4.90 Å². The van der Waals surface area contributed by atoms with Gasteiger partial charge in [-0.2, -0.15) is 0 Å². The Morgan fingerprint density at radius 1 is 0.228 bits per heavy atom. The normalized spacial score (nSPS) is 11.2. The largest absolute Gasteiger partial charge is 0.309 e. The van der Waals surface area contributed by atoms with Crippen LogP contribution in [0.2, 0.25) is 0 Å². The van der Waals surface area contributed by atoms with Crippen molar-refractivity contribution in [3.63, 3.8) is 0 Å². The Morgan fingerprint density at radius 3 is 1.30 bits per heavy atom. The van der Waals surface area contributed by atoms with Crippen molar-refractivity contribution in [2.24, 2.45) is 0 Å². The van der Waals surface area contributed by atoms with E-state index in [0.717, 1.165) is 33.8 Å². The first-order valence-electron chi connectivity index (χ1n) is 19.6. The Balaban J connectivity index is 1.20. The van der Waals surface area contributed by atoms with Crippen molar-refractivity contribution in [3.05, 3.63) is 237 Å². The fourth-order valence-electron chi connectivity index (χ4n) is 8.27. The molecule has 1 heteroatoms. The van der Waals surface area contributed by atoms with Gasteiger partial charge in [0, 0.05) is 16.6 Å². The molecule has 268 valence electrons. The third-order valence-electron chi connectivity index (χ3n) is 11.1. The van der Waals surface area contributed by atoms with Gasteiger partial charge in [0.05, 0.1) is 11.4 Å². The maximum Gasteiger partial charge on any atom is 0.0546 e. The Morgan fingerprint density at radius 2 is 0.667 bits per heavy atom. The molecule has 0 atom stereocenters. The molecule has 10 rings (SSSR count). The van der Waals surface area contributed by atoms with Gasteiger partial charge in [0.1, 0.15) is 0 Å². The Bertz CT molecular complexity index is 2970. The average molecular weight is 726 g/mol. The molecule has 10 aromatic carbocycles. The quantitative estimate of drug-likeness (QED) is 0.141.